The Hall–Kier alpha value is -0.940. The van der Waals surface area contributed by atoms with Gasteiger partial charge in [0.2, 0.25) is 0 Å². The van der Waals surface area contributed by atoms with Crippen LogP contribution in [0.15, 0.2) is 18.2 Å². The molecule has 0 aliphatic carbocycles. The summed E-state index contributed by atoms with van der Waals surface area (Å²) in [5.74, 6) is -0.156. The Morgan fingerprint density at radius 2 is 2.00 bits per heavy atom. The smallest absolute Gasteiger partial charge is 0.420 e. The van der Waals surface area contributed by atoms with E-state index in [0.29, 0.717) is 19.4 Å². The predicted molar refractivity (Wildman–Crippen MR) is 74.3 cm³/mol. The molecule has 6 heteroatoms. The Kier molecular flexibility index (Phi) is 6.62. The summed E-state index contributed by atoms with van der Waals surface area (Å²) in [5, 5.41) is 3.02. The topological polar surface area (TPSA) is 21.3 Å². The van der Waals surface area contributed by atoms with Crippen LogP contribution >= 0.6 is 11.6 Å². The first kappa shape index (κ1) is 17.1. The van der Waals surface area contributed by atoms with E-state index in [0.717, 1.165) is 12.5 Å². The number of nitrogens with one attached hydrogen (secondary N) is 1. The Balaban J connectivity index is 2.93. The minimum atomic E-state index is -4.47. The molecule has 0 spiro atoms. The van der Waals surface area contributed by atoms with Crippen LogP contribution in [0.1, 0.15) is 31.7 Å². The molecule has 0 heterocycles. The van der Waals surface area contributed by atoms with Gasteiger partial charge in [0.15, 0.2) is 0 Å². The Labute approximate surface area is 122 Å². The molecule has 0 amide bonds. The van der Waals surface area contributed by atoms with Gasteiger partial charge in [0, 0.05) is 5.02 Å². The van der Waals surface area contributed by atoms with Crippen molar-refractivity contribution in [3.63, 3.8) is 0 Å². The van der Waals surface area contributed by atoms with Gasteiger partial charge in [-0.1, -0.05) is 24.9 Å². The first-order chi connectivity index (χ1) is 9.38. The van der Waals surface area contributed by atoms with Crippen molar-refractivity contribution in [1.82, 2.24) is 5.32 Å². The highest BCUT2D eigenvalue weighted by Gasteiger charge is 2.35. The van der Waals surface area contributed by atoms with Gasteiger partial charge in [-0.3, -0.25) is 0 Å². The lowest BCUT2D eigenvalue weighted by Gasteiger charge is -2.21. The molecule has 0 aliphatic rings. The van der Waals surface area contributed by atoms with E-state index >= 15 is 0 Å². The zero-order valence-electron chi connectivity index (χ0n) is 11.6. The predicted octanol–water partition coefficient (Wildman–Crippen LogP) is 4.52. The summed E-state index contributed by atoms with van der Waals surface area (Å²) in [5.41, 5.74) is -0.824. The average molecular weight is 310 g/mol. The number of rotatable bonds is 7. The van der Waals surface area contributed by atoms with Gasteiger partial charge in [-0.2, -0.15) is 13.2 Å². The van der Waals surface area contributed by atoms with Crippen molar-refractivity contribution in [1.29, 1.82) is 0 Å². The lowest BCUT2D eigenvalue weighted by molar-refractivity contribution is -0.139. The fourth-order valence-corrected chi connectivity index (χ4v) is 2.07. The highest BCUT2D eigenvalue weighted by Crippen LogP contribution is 2.38. The maximum Gasteiger partial charge on any atom is 0.420 e. The maximum absolute atomic E-state index is 13.0. The first-order valence-electron chi connectivity index (χ1n) is 6.56. The molecular formula is C14H19ClF3NO. The monoisotopic (exact) mass is 309 g/mol. The van der Waals surface area contributed by atoms with Gasteiger partial charge in [0.05, 0.1) is 11.7 Å². The Morgan fingerprint density at radius 1 is 1.30 bits per heavy atom. The van der Waals surface area contributed by atoms with Gasteiger partial charge in [0.25, 0.3) is 0 Å². The normalized spacial score (nSPS) is 13.3. The molecule has 0 saturated carbocycles. The van der Waals surface area contributed by atoms with E-state index in [-0.39, 0.29) is 16.9 Å². The molecule has 1 aromatic rings. The molecule has 20 heavy (non-hydrogen) atoms. The van der Waals surface area contributed by atoms with Gasteiger partial charge in [0.1, 0.15) is 5.75 Å². The molecule has 114 valence electrons. The molecule has 1 N–H and O–H groups in total. The van der Waals surface area contributed by atoms with E-state index in [1.807, 2.05) is 6.92 Å². The van der Waals surface area contributed by atoms with E-state index in [9.17, 15) is 13.2 Å². The lowest BCUT2D eigenvalue weighted by Crippen LogP contribution is -2.23. The first-order valence-corrected chi connectivity index (χ1v) is 6.94. The summed E-state index contributed by atoms with van der Waals surface area (Å²) in [6, 6.07) is 3.60. The van der Waals surface area contributed by atoms with Crippen LogP contribution < -0.4 is 10.1 Å². The molecule has 0 radical (unpaired) electrons. The van der Waals surface area contributed by atoms with Crippen LogP contribution in [0.3, 0.4) is 0 Å². The quantitative estimate of drug-likeness (QED) is 0.800. The Bertz CT molecular complexity index is 423. The number of ether oxygens (including phenoxy) is 1. The van der Waals surface area contributed by atoms with Crippen LogP contribution in [0.25, 0.3) is 0 Å². The molecule has 0 aromatic heterocycles. The molecule has 0 aliphatic heterocycles. The average Bonchev–Trinajstić information content (AvgIpc) is 2.37. The highest BCUT2D eigenvalue weighted by atomic mass is 35.5. The summed E-state index contributed by atoms with van der Waals surface area (Å²) in [6.07, 6.45) is -2.50. The van der Waals surface area contributed by atoms with Crippen molar-refractivity contribution < 1.29 is 17.9 Å². The molecule has 0 saturated heterocycles. The molecule has 1 atom stereocenters. The van der Waals surface area contributed by atoms with Gasteiger partial charge in [-0.15, -0.1) is 0 Å². The number of hydrogen-bond acceptors (Lipinski definition) is 2. The van der Waals surface area contributed by atoms with Crippen LogP contribution in [0.5, 0.6) is 5.75 Å². The van der Waals surface area contributed by atoms with Gasteiger partial charge >= 0.3 is 6.18 Å². The SMILES string of the molecule is CCC[C@H](CCNC)Oc1ccc(Cl)cc1C(F)(F)F. The van der Waals surface area contributed by atoms with E-state index in [1.54, 1.807) is 7.05 Å². The fourth-order valence-electron chi connectivity index (χ4n) is 1.90. The minimum Gasteiger partial charge on any atom is -0.490 e. The third-order valence-electron chi connectivity index (χ3n) is 2.87. The Morgan fingerprint density at radius 3 is 2.55 bits per heavy atom. The summed E-state index contributed by atoms with van der Waals surface area (Å²) >= 11 is 5.64. The molecule has 0 bridgehead atoms. The van der Waals surface area contributed by atoms with Crippen LogP contribution in [-0.2, 0) is 6.18 Å². The van der Waals surface area contributed by atoms with Crippen molar-refractivity contribution in [2.24, 2.45) is 0 Å². The maximum atomic E-state index is 13.0. The van der Waals surface area contributed by atoms with Crippen molar-refractivity contribution in [2.45, 2.75) is 38.5 Å². The number of hydrogen-bond donors (Lipinski definition) is 1. The van der Waals surface area contributed by atoms with Crippen LogP contribution in [0.4, 0.5) is 13.2 Å². The molecule has 1 aromatic carbocycles. The highest BCUT2D eigenvalue weighted by molar-refractivity contribution is 6.30. The third-order valence-corrected chi connectivity index (χ3v) is 3.10. The van der Waals surface area contributed by atoms with Crippen molar-refractivity contribution in [3.05, 3.63) is 28.8 Å². The zero-order valence-corrected chi connectivity index (χ0v) is 12.3. The largest absolute Gasteiger partial charge is 0.490 e. The lowest BCUT2D eigenvalue weighted by atomic mass is 10.1. The van der Waals surface area contributed by atoms with Gasteiger partial charge in [-0.25, -0.2) is 0 Å². The standard InChI is InChI=1S/C14H19ClF3NO/c1-3-4-11(7-8-19-2)20-13-6-5-10(15)9-12(13)14(16,17)18/h5-6,9,11,19H,3-4,7-8H2,1-2H3/t11-/m1/s1. The minimum absolute atomic E-state index is 0.0481. The molecule has 2 nitrogen and oxygen atoms in total. The molecular weight excluding hydrogens is 291 g/mol. The van der Waals surface area contributed by atoms with Crippen molar-refractivity contribution in [3.8, 4) is 5.75 Å². The summed E-state index contributed by atoms with van der Waals surface area (Å²) in [4.78, 5) is 0. The molecule has 0 fully saturated rings. The van der Waals surface area contributed by atoms with Crippen LogP contribution in [0, 0.1) is 0 Å². The van der Waals surface area contributed by atoms with Crippen molar-refractivity contribution >= 4 is 11.6 Å². The molecule has 0 unspecified atom stereocenters. The van der Waals surface area contributed by atoms with Crippen LogP contribution in [0.2, 0.25) is 5.02 Å². The van der Waals surface area contributed by atoms with E-state index in [4.69, 9.17) is 16.3 Å². The number of benzene rings is 1. The van der Waals surface area contributed by atoms with E-state index in [2.05, 4.69) is 5.32 Å². The fraction of sp³-hybridized carbons (Fsp3) is 0.571. The molecule has 1 rings (SSSR count). The summed E-state index contributed by atoms with van der Waals surface area (Å²) in [6.45, 7) is 2.67. The number of halogens is 4. The van der Waals surface area contributed by atoms with Gasteiger partial charge < -0.3 is 10.1 Å². The number of alkyl halides is 3. The summed E-state index contributed by atoms with van der Waals surface area (Å²) < 4.78 is 44.4. The van der Waals surface area contributed by atoms with Crippen molar-refractivity contribution in [2.75, 3.05) is 13.6 Å². The zero-order chi connectivity index (χ0) is 15.2. The summed E-state index contributed by atoms with van der Waals surface area (Å²) in [7, 11) is 1.80. The van der Waals surface area contributed by atoms with Gasteiger partial charge in [-0.05, 0) is 44.6 Å². The van der Waals surface area contributed by atoms with E-state index < -0.39 is 11.7 Å². The third kappa shape index (κ3) is 5.21. The van der Waals surface area contributed by atoms with Crippen LogP contribution in [-0.4, -0.2) is 19.7 Å². The second-order valence-corrected chi connectivity index (χ2v) is 5.00. The second-order valence-electron chi connectivity index (χ2n) is 4.56. The second kappa shape index (κ2) is 7.74. The van der Waals surface area contributed by atoms with E-state index in [1.165, 1.54) is 12.1 Å².